The summed E-state index contributed by atoms with van der Waals surface area (Å²) in [7, 11) is 1.64. The van der Waals surface area contributed by atoms with Gasteiger partial charge in [0, 0.05) is 22.6 Å². The Morgan fingerprint density at radius 1 is 1.16 bits per heavy atom. The Hall–Kier alpha value is -3.56. The van der Waals surface area contributed by atoms with Crippen molar-refractivity contribution in [3.05, 3.63) is 88.6 Å². The highest BCUT2D eigenvalue weighted by Crippen LogP contribution is 2.41. The molecule has 1 atom stereocenters. The van der Waals surface area contributed by atoms with Crippen LogP contribution >= 0.6 is 11.8 Å². The molecular formula is C26H23N3O2S. The molecule has 0 saturated carbocycles. The average molecular weight is 442 g/mol. The van der Waals surface area contributed by atoms with Crippen molar-refractivity contribution in [1.29, 1.82) is 5.26 Å². The third-order valence-electron chi connectivity index (χ3n) is 5.52. The second-order valence-corrected chi connectivity index (χ2v) is 8.48. The number of aliphatic imine (C=N–C) groups is 1. The molecule has 0 spiro atoms. The summed E-state index contributed by atoms with van der Waals surface area (Å²) in [5.74, 6) is 1.26. The molecule has 0 radical (unpaired) electrons. The number of carbonyl (C=O) groups excluding carboxylic acids is 1. The molecule has 1 N–H and O–H groups in total. The summed E-state index contributed by atoms with van der Waals surface area (Å²) in [6.07, 6.45) is 0. The Labute approximate surface area is 191 Å². The number of hydrogen-bond donors (Lipinski definition) is 1. The fraction of sp³-hybridized carbons (Fsp3) is 0.192. The maximum atomic E-state index is 12.6. The zero-order valence-corrected chi connectivity index (χ0v) is 19.0. The maximum absolute atomic E-state index is 12.6. The molecule has 0 fully saturated rings. The Kier molecular flexibility index (Phi) is 6.29. The topological polar surface area (TPSA) is 74.5 Å². The Morgan fingerprint density at radius 3 is 2.66 bits per heavy atom. The third kappa shape index (κ3) is 4.12. The van der Waals surface area contributed by atoms with Gasteiger partial charge in [-0.1, -0.05) is 60.3 Å². The summed E-state index contributed by atoms with van der Waals surface area (Å²) in [6.45, 7) is 3.47. The van der Waals surface area contributed by atoms with Crippen molar-refractivity contribution in [3.63, 3.8) is 0 Å². The number of amidine groups is 1. The van der Waals surface area contributed by atoms with Crippen LogP contribution in [0.25, 0.3) is 10.8 Å². The minimum atomic E-state index is -0.483. The minimum Gasteiger partial charge on any atom is -0.496 e. The number of Topliss-reactive ketones (excluding diaryl/α,β-unsaturated/α-hetero) is 1. The van der Waals surface area contributed by atoms with Gasteiger partial charge in [-0.15, -0.1) is 0 Å². The number of nitriles is 1. The van der Waals surface area contributed by atoms with Crippen molar-refractivity contribution in [2.24, 2.45) is 4.99 Å². The number of methoxy groups -OCH3 is 1. The number of ether oxygens (including phenoxy) is 1. The van der Waals surface area contributed by atoms with E-state index in [2.05, 4.69) is 11.4 Å². The lowest BCUT2D eigenvalue weighted by atomic mass is 9.89. The van der Waals surface area contributed by atoms with Crippen LogP contribution in [0.3, 0.4) is 0 Å². The molecule has 5 nitrogen and oxygen atoms in total. The lowest BCUT2D eigenvalue weighted by molar-refractivity contribution is -0.113. The number of fused-ring (bicyclic) bond motifs is 1. The quantitative estimate of drug-likeness (QED) is 0.565. The summed E-state index contributed by atoms with van der Waals surface area (Å²) in [5, 5.41) is 15.4. The molecule has 6 heteroatoms. The van der Waals surface area contributed by atoms with E-state index in [0.29, 0.717) is 27.8 Å². The first-order valence-electron chi connectivity index (χ1n) is 10.3. The molecule has 3 aromatic carbocycles. The van der Waals surface area contributed by atoms with Gasteiger partial charge in [-0.05, 0) is 42.3 Å². The molecule has 0 amide bonds. The molecule has 1 aliphatic heterocycles. The van der Waals surface area contributed by atoms with Crippen LogP contribution < -0.4 is 10.1 Å². The van der Waals surface area contributed by atoms with E-state index in [9.17, 15) is 10.1 Å². The fourth-order valence-corrected chi connectivity index (χ4v) is 4.97. The Balaban J connectivity index is 1.79. The normalized spacial score (nSPS) is 15.7. The fourth-order valence-electron chi connectivity index (χ4n) is 4.02. The summed E-state index contributed by atoms with van der Waals surface area (Å²) < 4.78 is 5.70. The molecule has 0 aliphatic carbocycles. The van der Waals surface area contributed by atoms with Crippen molar-refractivity contribution in [3.8, 4) is 11.8 Å². The van der Waals surface area contributed by atoms with Crippen molar-refractivity contribution < 1.29 is 9.53 Å². The lowest BCUT2D eigenvalue weighted by Gasteiger charge is -2.27. The molecule has 0 aromatic heterocycles. The van der Waals surface area contributed by atoms with Gasteiger partial charge in [-0.25, -0.2) is 4.99 Å². The van der Waals surface area contributed by atoms with E-state index in [-0.39, 0.29) is 5.78 Å². The molecule has 0 bridgehead atoms. The summed E-state index contributed by atoms with van der Waals surface area (Å²) in [4.78, 5) is 17.6. The van der Waals surface area contributed by atoms with Gasteiger partial charge in [-0.3, -0.25) is 4.79 Å². The SMILES string of the molecule is COc1ccc2ccccc2c1[C@@H]1N=C(SCc2ccccc2C#N)NC(C)=C1C(C)=O. The van der Waals surface area contributed by atoms with E-state index in [1.165, 1.54) is 11.8 Å². The van der Waals surface area contributed by atoms with Gasteiger partial charge in [0.2, 0.25) is 0 Å². The van der Waals surface area contributed by atoms with Gasteiger partial charge in [0.25, 0.3) is 0 Å². The Bertz CT molecular complexity index is 1300. The van der Waals surface area contributed by atoms with Crippen molar-refractivity contribution in [2.45, 2.75) is 25.6 Å². The zero-order valence-electron chi connectivity index (χ0n) is 18.2. The predicted molar refractivity (Wildman–Crippen MR) is 130 cm³/mol. The number of ketones is 1. The number of nitrogens with zero attached hydrogens (tertiary/aromatic N) is 2. The molecule has 1 heterocycles. The third-order valence-corrected chi connectivity index (χ3v) is 6.46. The van der Waals surface area contributed by atoms with Crippen LogP contribution in [-0.4, -0.2) is 18.1 Å². The minimum absolute atomic E-state index is 0.0300. The van der Waals surface area contributed by atoms with Crippen LogP contribution in [-0.2, 0) is 10.5 Å². The van der Waals surface area contributed by atoms with Crippen LogP contribution in [0.1, 0.15) is 36.6 Å². The number of allylic oxidation sites excluding steroid dienone is 1. The average Bonchev–Trinajstić information content (AvgIpc) is 2.81. The standard InChI is InChI=1S/C26H23N3O2S/c1-16-23(17(2)30)25(24-21-11-7-6-8-18(21)12-13-22(24)31-3)29-26(28-16)32-15-20-10-5-4-9-19(20)14-27/h4-13,25H,15H2,1-3H3,(H,28,29)/t25-/m1/s1. The van der Waals surface area contributed by atoms with Gasteiger partial charge >= 0.3 is 0 Å². The largest absolute Gasteiger partial charge is 0.496 e. The number of benzene rings is 3. The maximum Gasteiger partial charge on any atom is 0.162 e. The number of nitrogens with one attached hydrogen (secondary N) is 1. The van der Waals surface area contributed by atoms with Gasteiger partial charge in [0.05, 0.1) is 18.7 Å². The lowest BCUT2D eigenvalue weighted by Crippen LogP contribution is -2.29. The van der Waals surface area contributed by atoms with Gasteiger partial charge in [0.1, 0.15) is 11.8 Å². The first-order chi connectivity index (χ1) is 15.5. The Morgan fingerprint density at radius 2 is 1.91 bits per heavy atom. The highest BCUT2D eigenvalue weighted by molar-refractivity contribution is 8.13. The molecule has 0 unspecified atom stereocenters. The van der Waals surface area contributed by atoms with Crippen molar-refractivity contribution in [1.82, 2.24) is 5.32 Å². The van der Waals surface area contributed by atoms with Crippen molar-refractivity contribution in [2.75, 3.05) is 7.11 Å². The number of rotatable bonds is 5. The van der Waals surface area contributed by atoms with Crippen LogP contribution in [0, 0.1) is 11.3 Å². The zero-order chi connectivity index (χ0) is 22.7. The number of carbonyl (C=O) groups is 1. The highest BCUT2D eigenvalue weighted by atomic mass is 32.2. The first kappa shape index (κ1) is 21.7. The van der Waals surface area contributed by atoms with Crippen LogP contribution in [0.2, 0.25) is 0 Å². The van der Waals surface area contributed by atoms with Gasteiger partial charge in [0.15, 0.2) is 11.0 Å². The highest BCUT2D eigenvalue weighted by Gasteiger charge is 2.30. The van der Waals surface area contributed by atoms with Crippen LogP contribution in [0.15, 0.2) is 76.9 Å². The molecule has 3 aromatic rings. The molecule has 160 valence electrons. The first-order valence-corrected chi connectivity index (χ1v) is 11.2. The molecule has 4 rings (SSSR count). The van der Waals surface area contributed by atoms with Crippen molar-refractivity contribution >= 4 is 33.5 Å². The summed E-state index contributed by atoms with van der Waals surface area (Å²) in [6, 6.07) is 21.3. The van der Waals surface area contributed by atoms with Crippen LogP contribution in [0.5, 0.6) is 5.75 Å². The van der Waals surface area contributed by atoms with E-state index < -0.39 is 6.04 Å². The van der Waals surface area contributed by atoms with E-state index >= 15 is 0 Å². The van der Waals surface area contributed by atoms with E-state index in [1.54, 1.807) is 14.0 Å². The monoisotopic (exact) mass is 441 g/mol. The summed E-state index contributed by atoms with van der Waals surface area (Å²) >= 11 is 1.52. The van der Waals surface area contributed by atoms with Gasteiger partial charge < -0.3 is 10.1 Å². The predicted octanol–water partition coefficient (Wildman–Crippen LogP) is 5.52. The smallest absolute Gasteiger partial charge is 0.162 e. The van der Waals surface area contributed by atoms with E-state index in [0.717, 1.165) is 27.6 Å². The molecule has 0 saturated heterocycles. The molecule has 1 aliphatic rings. The van der Waals surface area contributed by atoms with E-state index in [4.69, 9.17) is 9.73 Å². The second-order valence-electron chi connectivity index (χ2n) is 7.52. The van der Waals surface area contributed by atoms with Gasteiger partial charge in [-0.2, -0.15) is 5.26 Å². The van der Waals surface area contributed by atoms with Crippen LogP contribution in [0.4, 0.5) is 0 Å². The summed E-state index contributed by atoms with van der Waals surface area (Å²) in [5.41, 5.74) is 3.89. The number of thioether (sulfide) groups is 1. The molecular weight excluding hydrogens is 418 g/mol. The van der Waals surface area contributed by atoms with E-state index in [1.807, 2.05) is 67.6 Å². The second kappa shape index (κ2) is 9.29. The molecule has 32 heavy (non-hydrogen) atoms. The number of hydrogen-bond acceptors (Lipinski definition) is 6.